The molecule has 0 radical (unpaired) electrons. The number of anilines is 1. The first kappa shape index (κ1) is 26.9. The Bertz CT molecular complexity index is 1090. The zero-order valence-corrected chi connectivity index (χ0v) is 22.1. The summed E-state index contributed by atoms with van der Waals surface area (Å²) in [7, 11) is -3.75. The first-order valence-corrected chi connectivity index (χ1v) is 13.4. The monoisotopic (exact) mass is 537 g/mol. The van der Waals surface area contributed by atoms with E-state index >= 15 is 0 Å². The van der Waals surface area contributed by atoms with Gasteiger partial charge < -0.3 is 10.2 Å². The molecule has 180 valence electrons. The Hall–Kier alpha value is -2.39. The Balaban J connectivity index is 2.44. The molecule has 1 atom stereocenters. The molecule has 0 heterocycles. The Kier molecular flexibility index (Phi) is 9.48. The van der Waals surface area contributed by atoms with E-state index in [1.807, 2.05) is 52.0 Å². The van der Waals surface area contributed by atoms with Crippen molar-refractivity contribution in [3.8, 4) is 0 Å². The average Bonchev–Trinajstić information content (AvgIpc) is 2.70. The first-order valence-electron chi connectivity index (χ1n) is 10.8. The molecule has 9 heteroatoms. The van der Waals surface area contributed by atoms with E-state index in [4.69, 9.17) is 0 Å². The van der Waals surface area contributed by atoms with Gasteiger partial charge in [0.15, 0.2) is 0 Å². The summed E-state index contributed by atoms with van der Waals surface area (Å²) >= 11 is 3.35. The third-order valence-electron chi connectivity index (χ3n) is 5.03. The van der Waals surface area contributed by atoms with Crippen LogP contribution in [0.1, 0.15) is 38.3 Å². The highest BCUT2D eigenvalue weighted by atomic mass is 79.9. The van der Waals surface area contributed by atoms with Gasteiger partial charge in [0, 0.05) is 17.1 Å². The van der Waals surface area contributed by atoms with E-state index in [1.54, 1.807) is 24.3 Å². The molecular weight excluding hydrogens is 506 g/mol. The van der Waals surface area contributed by atoms with Crippen molar-refractivity contribution in [3.05, 3.63) is 64.1 Å². The summed E-state index contributed by atoms with van der Waals surface area (Å²) in [5, 5.41) is 2.88. The van der Waals surface area contributed by atoms with Crippen LogP contribution in [0.2, 0.25) is 0 Å². The molecule has 2 aromatic carbocycles. The SMILES string of the molecule is CC[C@@H](C(=O)NC(C)C)N(Cc1cccc(C)c1)C(=O)CN(c1cccc(Br)c1)S(C)(=O)=O. The van der Waals surface area contributed by atoms with E-state index < -0.39 is 28.5 Å². The van der Waals surface area contributed by atoms with Crippen LogP contribution in [-0.4, -0.2) is 50.0 Å². The largest absolute Gasteiger partial charge is 0.352 e. The molecule has 0 aliphatic heterocycles. The maximum absolute atomic E-state index is 13.6. The van der Waals surface area contributed by atoms with Crippen molar-refractivity contribution in [2.45, 2.75) is 52.7 Å². The molecule has 0 saturated carbocycles. The lowest BCUT2D eigenvalue weighted by atomic mass is 10.1. The van der Waals surface area contributed by atoms with Gasteiger partial charge >= 0.3 is 0 Å². The Labute approximate surface area is 205 Å². The summed E-state index contributed by atoms with van der Waals surface area (Å²) in [6, 6.07) is 13.6. The van der Waals surface area contributed by atoms with Gasteiger partial charge in [0.25, 0.3) is 0 Å². The number of sulfonamides is 1. The molecule has 0 unspecified atom stereocenters. The number of aryl methyl sites for hydroxylation is 1. The van der Waals surface area contributed by atoms with Crippen LogP contribution in [-0.2, 0) is 26.2 Å². The van der Waals surface area contributed by atoms with Crippen LogP contribution < -0.4 is 9.62 Å². The molecular formula is C24H32BrN3O4S. The lowest BCUT2D eigenvalue weighted by molar-refractivity contribution is -0.140. The summed E-state index contributed by atoms with van der Waals surface area (Å²) in [5.74, 6) is -0.713. The highest BCUT2D eigenvalue weighted by Crippen LogP contribution is 2.23. The van der Waals surface area contributed by atoms with Gasteiger partial charge in [0.05, 0.1) is 11.9 Å². The van der Waals surface area contributed by atoms with Gasteiger partial charge in [-0.2, -0.15) is 0 Å². The standard InChI is InChI=1S/C24H32BrN3O4S/c1-6-22(24(30)26-17(2)3)27(15-19-10-7-9-18(4)13-19)23(29)16-28(33(5,31)32)21-12-8-11-20(25)14-21/h7-14,17,22H,6,15-16H2,1-5H3,(H,26,30)/t22-/m0/s1. The smallest absolute Gasteiger partial charge is 0.244 e. The molecule has 0 aromatic heterocycles. The van der Waals surface area contributed by atoms with E-state index in [0.29, 0.717) is 16.6 Å². The zero-order valence-electron chi connectivity index (χ0n) is 19.7. The fraction of sp³-hybridized carbons (Fsp3) is 0.417. The molecule has 1 N–H and O–H groups in total. The van der Waals surface area contributed by atoms with Gasteiger partial charge in [-0.15, -0.1) is 0 Å². The van der Waals surface area contributed by atoms with Crippen LogP contribution in [0, 0.1) is 6.92 Å². The number of carbonyl (C=O) groups is 2. The molecule has 2 rings (SSSR count). The predicted molar refractivity (Wildman–Crippen MR) is 135 cm³/mol. The summed E-state index contributed by atoms with van der Waals surface area (Å²) in [5.41, 5.74) is 2.27. The summed E-state index contributed by atoms with van der Waals surface area (Å²) in [4.78, 5) is 28.0. The summed E-state index contributed by atoms with van der Waals surface area (Å²) in [6.45, 7) is 7.29. The van der Waals surface area contributed by atoms with Crippen LogP contribution in [0.15, 0.2) is 53.0 Å². The average molecular weight is 539 g/mol. The van der Waals surface area contributed by atoms with Crippen molar-refractivity contribution < 1.29 is 18.0 Å². The van der Waals surface area contributed by atoms with Crippen LogP contribution in [0.5, 0.6) is 0 Å². The molecule has 2 aromatic rings. The van der Waals surface area contributed by atoms with E-state index in [2.05, 4.69) is 21.2 Å². The predicted octanol–water partition coefficient (Wildman–Crippen LogP) is 3.86. The summed E-state index contributed by atoms with van der Waals surface area (Å²) in [6.07, 6.45) is 1.46. The third-order valence-corrected chi connectivity index (χ3v) is 6.66. The minimum Gasteiger partial charge on any atom is -0.352 e. The number of rotatable bonds is 10. The summed E-state index contributed by atoms with van der Waals surface area (Å²) < 4.78 is 26.9. The Morgan fingerprint density at radius 2 is 1.76 bits per heavy atom. The van der Waals surface area contributed by atoms with E-state index in [9.17, 15) is 18.0 Å². The minimum absolute atomic E-state index is 0.0864. The van der Waals surface area contributed by atoms with Crippen LogP contribution in [0.3, 0.4) is 0 Å². The van der Waals surface area contributed by atoms with Gasteiger partial charge in [0.1, 0.15) is 12.6 Å². The lowest BCUT2D eigenvalue weighted by Crippen LogP contribution is -2.53. The van der Waals surface area contributed by atoms with E-state index in [1.165, 1.54) is 4.90 Å². The molecule has 0 spiro atoms. The number of nitrogens with one attached hydrogen (secondary N) is 1. The first-order chi connectivity index (χ1) is 15.4. The molecule has 0 fully saturated rings. The normalized spacial score (nSPS) is 12.3. The second-order valence-electron chi connectivity index (χ2n) is 8.35. The maximum Gasteiger partial charge on any atom is 0.244 e. The number of amides is 2. The fourth-order valence-corrected chi connectivity index (χ4v) is 4.78. The van der Waals surface area contributed by atoms with Crippen molar-refractivity contribution >= 4 is 43.5 Å². The number of halogens is 1. The second-order valence-corrected chi connectivity index (χ2v) is 11.2. The van der Waals surface area contributed by atoms with Gasteiger partial charge in [-0.3, -0.25) is 13.9 Å². The van der Waals surface area contributed by atoms with Gasteiger partial charge in [-0.25, -0.2) is 8.42 Å². The Morgan fingerprint density at radius 3 is 2.30 bits per heavy atom. The number of carbonyl (C=O) groups excluding carboxylic acids is 2. The number of benzene rings is 2. The topological polar surface area (TPSA) is 86.8 Å². The molecule has 0 aliphatic carbocycles. The fourth-order valence-electron chi connectivity index (χ4n) is 3.55. The van der Waals surface area contributed by atoms with Gasteiger partial charge in [-0.05, 0) is 51.0 Å². The third kappa shape index (κ3) is 7.85. The van der Waals surface area contributed by atoms with Gasteiger partial charge in [-0.1, -0.05) is 58.7 Å². The quantitative estimate of drug-likeness (QED) is 0.498. The lowest BCUT2D eigenvalue weighted by Gasteiger charge is -2.33. The van der Waals surface area contributed by atoms with Crippen LogP contribution in [0.25, 0.3) is 0 Å². The zero-order chi connectivity index (χ0) is 24.8. The maximum atomic E-state index is 13.6. The molecule has 33 heavy (non-hydrogen) atoms. The number of nitrogens with zero attached hydrogens (tertiary/aromatic N) is 2. The highest BCUT2D eigenvalue weighted by Gasteiger charge is 2.32. The van der Waals surface area contributed by atoms with Crippen LogP contribution >= 0.6 is 15.9 Å². The minimum atomic E-state index is -3.75. The van der Waals surface area contributed by atoms with E-state index in [0.717, 1.165) is 21.7 Å². The van der Waals surface area contributed by atoms with E-state index in [-0.39, 0.29) is 18.5 Å². The molecule has 0 bridgehead atoms. The van der Waals surface area contributed by atoms with Crippen molar-refractivity contribution in [1.29, 1.82) is 0 Å². The highest BCUT2D eigenvalue weighted by molar-refractivity contribution is 9.10. The number of hydrogen-bond donors (Lipinski definition) is 1. The van der Waals surface area contributed by atoms with Crippen LogP contribution in [0.4, 0.5) is 5.69 Å². The molecule has 2 amide bonds. The van der Waals surface area contributed by atoms with Crippen molar-refractivity contribution in [2.24, 2.45) is 0 Å². The van der Waals surface area contributed by atoms with Gasteiger partial charge in [0.2, 0.25) is 21.8 Å². The Morgan fingerprint density at radius 1 is 1.09 bits per heavy atom. The van der Waals surface area contributed by atoms with Crippen molar-refractivity contribution in [3.63, 3.8) is 0 Å². The second kappa shape index (κ2) is 11.7. The van der Waals surface area contributed by atoms with Crippen molar-refractivity contribution in [1.82, 2.24) is 10.2 Å². The molecule has 7 nitrogen and oxygen atoms in total. The number of hydrogen-bond acceptors (Lipinski definition) is 4. The molecule has 0 aliphatic rings. The van der Waals surface area contributed by atoms with Crippen molar-refractivity contribution in [2.75, 3.05) is 17.1 Å². The molecule has 0 saturated heterocycles.